The molecule has 2 aromatic carbocycles. The van der Waals surface area contributed by atoms with Gasteiger partial charge >= 0.3 is 0 Å². The van der Waals surface area contributed by atoms with Gasteiger partial charge in [-0.15, -0.1) is 0 Å². The van der Waals surface area contributed by atoms with Crippen molar-refractivity contribution in [3.05, 3.63) is 59.8 Å². The van der Waals surface area contributed by atoms with Gasteiger partial charge in [-0.1, -0.05) is 0 Å². The Balaban J connectivity index is 1.66. The molecule has 4 N–H and O–H groups in total. The van der Waals surface area contributed by atoms with Crippen molar-refractivity contribution in [2.24, 2.45) is 5.10 Å². The molecule has 0 aliphatic rings. The number of aromatic amines is 1. The lowest BCUT2D eigenvalue weighted by atomic mass is 10.1. The van der Waals surface area contributed by atoms with Crippen molar-refractivity contribution in [1.29, 1.82) is 0 Å². The predicted octanol–water partition coefficient (Wildman–Crippen LogP) is 2.26. The highest BCUT2D eigenvalue weighted by atomic mass is 16.5. The van der Waals surface area contributed by atoms with Gasteiger partial charge in [-0.25, -0.2) is 5.43 Å². The minimum absolute atomic E-state index is 0.0628. The highest BCUT2D eigenvalue weighted by Crippen LogP contribution is 2.22. The van der Waals surface area contributed by atoms with Crippen LogP contribution in [0.2, 0.25) is 0 Å². The smallest absolute Gasteiger partial charge is 0.289 e. The van der Waals surface area contributed by atoms with Crippen LogP contribution in [0.5, 0.6) is 17.2 Å². The zero-order chi connectivity index (χ0) is 18.5. The molecule has 0 fully saturated rings. The molecule has 1 amide bonds. The molecule has 0 spiro atoms. The number of benzene rings is 2. The van der Waals surface area contributed by atoms with E-state index in [2.05, 4.69) is 20.7 Å². The Kier molecular flexibility index (Phi) is 4.84. The molecule has 8 heteroatoms. The molecule has 0 aliphatic carbocycles. The van der Waals surface area contributed by atoms with Crippen LogP contribution in [0.3, 0.4) is 0 Å². The van der Waals surface area contributed by atoms with Gasteiger partial charge in [-0.05, 0) is 42.5 Å². The van der Waals surface area contributed by atoms with E-state index in [1.165, 1.54) is 24.4 Å². The lowest BCUT2D eigenvalue weighted by Crippen LogP contribution is -2.18. The first-order valence-electron chi connectivity index (χ1n) is 7.62. The van der Waals surface area contributed by atoms with E-state index in [4.69, 9.17) is 4.74 Å². The number of hydrogen-bond donors (Lipinski definition) is 4. The third-order valence-corrected chi connectivity index (χ3v) is 3.59. The molecule has 0 bridgehead atoms. The van der Waals surface area contributed by atoms with Gasteiger partial charge < -0.3 is 14.9 Å². The molecular weight excluding hydrogens is 336 g/mol. The summed E-state index contributed by atoms with van der Waals surface area (Å²) in [5, 5.41) is 29.4. The number of aromatic hydroxyl groups is 2. The molecule has 0 radical (unpaired) electrons. The predicted molar refractivity (Wildman–Crippen MR) is 95.4 cm³/mol. The number of phenols is 2. The molecule has 0 saturated heterocycles. The van der Waals surface area contributed by atoms with Crippen molar-refractivity contribution < 1.29 is 19.7 Å². The molecule has 8 nitrogen and oxygen atoms in total. The molecule has 26 heavy (non-hydrogen) atoms. The molecule has 1 aromatic heterocycles. The molecule has 132 valence electrons. The Morgan fingerprint density at radius 2 is 1.96 bits per heavy atom. The maximum absolute atomic E-state index is 12.1. The van der Waals surface area contributed by atoms with Crippen LogP contribution in [0.25, 0.3) is 11.3 Å². The molecule has 3 rings (SSSR count). The first kappa shape index (κ1) is 17.0. The third-order valence-electron chi connectivity index (χ3n) is 3.59. The maximum atomic E-state index is 12.1. The van der Waals surface area contributed by atoms with Crippen LogP contribution >= 0.6 is 0 Å². The summed E-state index contributed by atoms with van der Waals surface area (Å²) in [4.78, 5) is 12.1. The number of phenolic OH excluding ortho intramolecular Hbond substituents is 2. The van der Waals surface area contributed by atoms with E-state index in [1.54, 1.807) is 25.3 Å². The third kappa shape index (κ3) is 3.81. The first-order valence-corrected chi connectivity index (χ1v) is 7.62. The van der Waals surface area contributed by atoms with Crippen LogP contribution in [0.1, 0.15) is 16.1 Å². The van der Waals surface area contributed by atoms with Crippen LogP contribution < -0.4 is 10.2 Å². The van der Waals surface area contributed by atoms with E-state index in [0.717, 1.165) is 11.3 Å². The molecule has 0 atom stereocenters. The molecular formula is C18H16N4O4. The standard InChI is InChI=1S/C18H16N4O4/c1-26-14-6-3-11(4-7-14)15-9-16(21-20-15)18(25)22-19-10-12-2-5-13(23)8-17(12)24/h2-10,23-24H,1H3,(H,20,21)(H,22,25)/b19-10+. The number of nitrogens with zero attached hydrogens (tertiary/aromatic N) is 2. The summed E-state index contributed by atoms with van der Waals surface area (Å²) in [7, 11) is 1.59. The Morgan fingerprint density at radius 3 is 2.65 bits per heavy atom. The minimum Gasteiger partial charge on any atom is -0.508 e. The van der Waals surface area contributed by atoms with Crippen molar-refractivity contribution in [3.8, 4) is 28.5 Å². The average molecular weight is 352 g/mol. The van der Waals surface area contributed by atoms with Gasteiger partial charge in [-0.2, -0.15) is 10.2 Å². The zero-order valence-electron chi connectivity index (χ0n) is 13.8. The largest absolute Gasteiger partial charge is 0.508 e. The fraction of sp³-hybridized carbons (Fsp3) is 0.0556. The number of methoxy groups -OCH3 is 1. The van der Waals surface area contributed by atoms with Gasteiger partial charge in [0, 0.05) is 17.2 Å². The van der Waals surface area contributed by atoms with E-state index in [0.29, 0.717) is 11.3 Å². The number of aromatic nitrogens is 2. The second-order valence-electron chi connectivity index (χ2n) is 5.34. The Morgan fingerprint density at radius 1 is 1.19 bits per heavy atom. The summed E-state index contributed by atoms with van der Waals surface area (Å²) in [5.41, 5.74) is 4.37. The number of carbonyl (C=O) groups excluding carboxylic acids is 1. The number of nitrogens with one attached hydrogen (secondary N) is 2. The Hall–Kier alpha value is -3.81. The van der Waals surface area contributed by atoms with Crippen molar-refractivity contribution in [2.75, 3.05) is 7.11 Å². The highest BCUT2D eigenvalue weighted by Gasteiger charge is 2.10. The molecule has 1 heterocycles. The monoisotopic (exact) mass is 352 g/mol. The first-order chi connectivity index (χ1) is 12.6. The van der Waals surface area contributed by atoms with Gasteiger partial charge in [0.2, 0.25) is 0 Å². The number of hydrogen-bond acceptors (Lipinski definition) is 6. The van der Waals surface area contributed by atoms with Crippen LogP contribution in [0.4, 0.5) is 0 Å². The maximum Gasteiger partial charge on any atom is 0.289 e. The number of amides is 1. The number of H-pyrrole nitrogens is 1. The zero-order valence-corrected chi connectivity index (χ0v) is 13.8. The number of rotatable bonds is 5. The van der Waals surface area contributed by atoms with Gasteiger partial charge in [0.15, 0.2) is 0 Å². The Labute approximate surface area is 148 Å². The van der Waals surface area contributed by atoms with Crippen molar-refractivity contribution >= 4 is 12.1 Å². The topological polar surface area (TPSA) is 120 Å². The summed E-state index contributed by atoms with van der Waals surface area (Å²) < 4.78 is 5.10. The summed E-state index contributed by atoms with van der Waals surface area (Å²) in [6.45, 7) is 0. The number of carbonyl (C=O) groups is 1. The van der Waals surface area contributed by atoms with Crippen LogP contribution in [-0.4, -0.2) is 39.6 Å². The summed E-state index contributed by atoms with van der Waals surface area (Å²) in [6, 6.07) is 12.9. The molecule has 0 aliphatic heterocycles. The van der Waals surface area contributed by atoms with E-state index < -0.39 is 5.91 Å². The minimum atomic E-state index is -0.480. The van der Waals surface area contributed by atoms with E-state index in [1.807, 2.05) is 12.1 Å². The van der Waals surface area contributed by atoms with Crippen molar-refractivity contribution in [3.63, 3.8) is 0 Å². The Bertz CT molecular complexity index is 948. The number of ether oxygens (including phenoxy) is 1. The highest BCUT2D eigenvalue weighted by molar-refractivity contribution is 5.94. The summed E-state index contributed by atoms with van der Waals surface area (Å²) in [6.07, 6.45) is 1.27. The molecule has 0 saturated carbocycles. The van der Waals surface area contributed by atoms with E-state index in [9.17, 15) is 15.0 Å². The van der Waals surface area contributed by atoms with Crippen molar-refractivity contribution in [1.82, 2.24) is 15.6 Å². The fourth-order valence-corrected chi connectivity index (χ4v) is 2.21. The normalized spacial score (nSPS) is 10.8. The second kappa shape index (κ2) is 7.39. The van der Waals surface area contributed by atoms with Gasteiger partial charge in [-0.3, -0.25) is 9.89 Å². The van der Waals surface area contributed by atoms with Gasteiger partial charge in [0.25, 0.3) is 5.91 Å². The van der Waals surface area contributed by atoms with Crippen LogP contribution in [-0.2, 0) is 0 Å². The lowest BCUT2D eigenvalue weighted by molar-refractivity contribution is 0.0950. The van der Waals surface area contributed by atoms with E-state index in [-0.39, 0.29) is 17.2 Å². The second-order valence-corrected chi connectivity index (χ2v) is 5.34. The summed E-state index contributed by atoms with van der Waals surface area (Å²) in [5.74, 6) is 0.0411. The van der Waals surface area contributed by atoms with Crippen LogP contribution in [0, 0.1) is 0 Å². The lowest BCUT2D eigenvalue weighted by Gasteiger charge is -2.00. The quantitative estimate of drug-likeness (QED) is 0.415. The average Bonchev–Trinajstić information content (AvgIpc) is 3.14. The fourth-order valence-electron chi connectivity index (χ4n) is 2.21. The van der Waals surface area contributed by atoms with Crippen LogP contribution in [0.15, 0.2) is 53.6 Å². The molecule has 3 aromatic rings. The van der Waals surface area contributed by atoms with Crippen molar-refractivity contribution in [2.45, 2.75) is 0 Å². The molecule has 0 unspecified atom stereocenters. The van der Waals surface area contributed by atoms with Gasteiger partial charge in [0.1, 0.15) is 22.9 Å². The van der Waals surface area contributed by atoms with Gasteiger partial charge in [0.05, 0.1) is 19.0 Å². The number of hydrazone groups is 1. The SMILES string of the molecule is COc1ccc(-c2cc(C(=O)N/N=C/c3ccc(O)cc3O)[nH]n2)cc1. The summed E-state index contributed by atoms with van der Waals surface area (Å²) >= 11 is 0. The van der Waals surface area contributed by atoms with E-state index >= 15 is 0 Å².